The van der Waals surface area contributed by atoms with Gasteiger partial charge in [0.15, 0.2) is 0 Å². The van der Waals surface area contributed by atoms with Crippen LogP contribution in [0.15, 0.2) is 24.3 Å². The number of hydrogen-bond donors (Lipinski definition) is 3. The number of amides is 1. The molecule has 0 aromatic carbocycles. The molecule has 2 atom stereocenters. The summed E-state index contributed by atoms with van der Waals surface area (Å²) in [5, 5.41) is 23.3. The van der Waals surface area contributed by atoms with Crippen LogP contribution in [0.1, 0.15) is 425 Å². The summed E-state index contributed by atoms with van der Waals surface area (Å²) in [5.41, 5.74) is 0. The molecule has 82 heavy (non-hydrogen) atoms. The number of carbonyl (C=O) groups is 2. The molecule has 0 rings (SSSR count). The van der Waals surface area contributed by atoms with E-state index in [2.05, 4.69) is 31.3 Å². The molecule has 0 aliphatic carbocycles. The Hall–Kier alpha value is -1.66. The number of rotatable bonds is 71. The SMILES string of the molecule is CCCCCCCCC/C=C\CCCCCCCC(=O)OCCCCCCCCCCCCCCCCCCCCCCCCCCCC(=O)NC(CO)C(O)/C=C/CCCCCCCCCCCCCCCCCCCCCCCC. The maximum atomic E-state index is 12.5. The maximum absolute atomic E-state index is 12.5. The number of ether oxygens (including phenoxy) is 1. The summed E-state index contributed by atoms with van der Waals surface area (Å²) < 4.78 is 5.50. The zero-order valence-corrected chi connectivity index (χ0v) is 55.8. The molecule has 0 fully saturated rings. The lowest BCUT2D eigenvalue weighted by Gasteiger charge is -2.20. The van der Waals surface area contributed by atoms with Crippen LogP contribution in [0.2, 0.25) is 0 Å². The first-order valence-electron chi connectivity index (χ1n) is 37.6. The van der Waals surface area contributed by atoms with Crippen LogP contribution in [0.3, 0.4) is 0 Å². The standard InChI is InChI=1S/C76H147NO5/c1-3-5-7-9-11-13-15-17-19-21-22-23-24-28-31-34-37-40-44-48-52-56-60-64-68-74(79)73(72-78)77-75(80)69-65-61-57-53-49-45-41-38-35-32-29-26-25-27-30-33-36-39-43-47-51-55-59-63-67-71-82-76(81)70-66-62-58-54-50-46-42-20-18-16-14-12-10-8-6-4-2/h20,42,64,68,73-74,78-79H,3-19,21-41,43-63,65-67,69-72H2,1-2H3,(H,77,80)/b42-20-,68-64+. The summed E-state index contributed by atoms with van der Waals surface area (Å²) in [6.45, 7) is 4.94. The average Bonchev–Trinajstić information content (AvgIpc) is 3.48. The number of allylic oxidation sites excluding steroid dienone is 3. The Bertz CT molecular complexity index is 1280. The molecule has 0 aromatic rings. The third-order valence-corrected chi connectivity index (χ3v) is 17.7. The van der Waals surface area contributed by atoms with E-state index in [4.69, 9.17) is 4.74 Å². The molecule has 3 N–H and O–H groups in total. The van der Waals surface area contributed by atoms with Gasteiger partial charge in [-0.3, -0.25) is 9.59 Å². The fourth-order valence-corrected chi connectivity index (χ4v) is 12.0. The van der Waals surface area contributed by atoms with E-state index in [1.165, 1.54) is 353 Å². The molecule has 0 heterocycles. The number of aliphatic hydroxyl groups excluding tert-OH is 2. The lowest BCUT2D eigenvalue weighted by Crippen LogP contribution is -2.45. The molecule has 0 saturated heterocycles. The molecule has 0 bridgehead atoms. The highest BCUT2D eigenvalue weighted by molar-refractivity contribution is 5.76. The molecule has 6 heteroatoms. The van der Waals surface area contributed by atoms with Crippen molar-refractivity contribution in [3.63, 3.8) is 0 Å². The van der Waals surface area contributed by atoms with E-state index in [9.17, 15) is 19.8 Å². The van der Waals surface area contributed by atoms with E-state index in [1.54, 1.807) is 6.08 Å². The van der Waals surface area contributed by atoms with Gasteiger partial charge in [-0.05, 0) is 57.8 Å². The van der Waals surface area contributed by atoms with E-state index < -0.39 is 12.1 Å². The molecule has 0 aliphatic heterocycles. The number of nitrogens with one attached hydrogen (secondary N) is 1. The summed E-state index contributed by atoms with van der Waals surface area (Å²) in [5.74, 6) is -0.0517. The molecule has 0 radical (unpaired) electrons. The second-order valence-corrected chi connectivity index (χ2v) is 26.0. The van der Waals surface area contributed by atoms with Crippen molar-refractivity contribution in [2.75, 3.05) is 13.2 Å². The first kappa shape index (κ1) is 80.3. The van der Waals surface area contributed by atoms with Crippen molar-refractivity contribution in [2.45, 2.75) is 437 Å². The summed E-state index contributed by atoms with van der Waals surface area (Å²) in [6.07, 6.45) is 91.3. The van der Waals surface area contributed by atoms with Gasteiger partial charge in [0, 0.05) is 12.8 Å². The normalized spacial score (nSPS) is 12.6. The minimum absolute atomic E-state index is 0.00962. The highest BCUT2D eigenvalue weighted by Gasteiger charge is 2.18. The third kappa shape index (κ3) is 67.5. The summed E-state index contributed by atoms with van der Waals surface area (Å²) >= 11 is 0. The van der Waals surface area contributed by atoms with Gasteiger partial charge in [-0.25, -0.2) is 0 Å². The van der Waals surface area contributed by atoms with Crippen molar-refractivity contribution >= 4 is 11.9 Å². The van der Waals surface area contributed by atoms with Crippen LogP contribution < -0.4 is 5.32 Å². The minimum atomic E-state index is -0.845. The molecule has 0 aromatic heterocycles. The molecule has 0 saturated carbocycles. The van der Waals surface area contributed by atoms with Crippen molar-refractivity contribution < 1.29 is 24.5 Å². The predicted molar refractivity (Wildman–Crippen MR) is 361 cm³/mol. The highest BCUT2D eigenvalue weighted by Crippen LogP contribution is 2.19. The molecular weight excluding hydrogens is 1010 g/mol. The Kier molecular flexibility index (Phi) is 70.4. The number of hydrogen-bond acceptors (Lipinski definition) is 5. The zero-order valence-electron chi connectivity index (χ0n) is 55.8. The Labute approximate surface area is 513 Å². The Morgan fingerprint density at radius 3 is 0.866 bits per heavy atom. The van der Waals surface area contributed by atoms with E-state index in [0.717, 1.165) is 44.9 Å². The Balaban J connectivity index is 3.39. The van der Waals surface area contributed by atoms with Crippen molar-refractivity contribution in [1.29, 1.82) is 0 Å². The number of aliphatic hydroxyl groups is 2. The molecular formula is C76H147NO5. The minimum Gasteiger partial charge on any atom is -0.466 e. The Morgan fingerprint density at radius 1 is 0.329 bits per heavy atom. The van der Waals surface area contributed by atoms with Crippen LogP contribution in [-0.4, -0.2) is 47.4 Å². The highest BCUT2D eigenvalue weighted by atomic mass is 16.5. The van der Waals surface area contributed by atoms with Crippen molar-refractivity contribution in [2.24, 2.45) is 0 Å². The summed E-state index contributed by atoms with van der Waals surface area (Å²) in [7, 11) is 0. The van der Waals surface area contributed by atoms with E-state index in [0.29, 0.717) is 19.4 Å². The Morgan fingerprint density at radius 2 is 0.573 bits per heavy atom. The van der Waals surface area contributed by atoms with Crippen LogP contribution in [0.4, 0.5) is 0 Å². The van der Waals surface area contributed by atoms with Crippen molar-refractivity contribution in [1.82, 2.24) is 5.32 Å². The second-order valence-electron chi connectivity index (χ2n) is 26.0. The van der Waals surface area contributed by atoms with Crippen molar-refractivity contribution in [3.8, 4) is 0 Å². The first-order chi connectivity index (χ1) is 40.5. The summed E-state index contributed by atoms with van der Waals surface area (Å²) in [6, 6.07) is -0.628. The predicted octanol–water partition coefficient (Wildman–Crippen LogP) is 24.5. The largest absolute Gasteiger partial charge is 0.466 e. The van der Waals surface area contributed by atoms with Gasteiger partial charge in [-0.1, -0.05) is 378 Å². The van der Waals surface area contributed by atoms with Crippen LogP contribution in [0, 0.1) is 0 Å². The van der Waals surface area contributed by atoms with E-state index in [1.807, 2.05) is 6.08 Å². The maximum Gasteiger partial charge on any atom is 0.305 e. The monoisotopic (exact) mass is 1150 g/mol. The third-order valence-electron chi connectivity index (χ3n) is 17.7. The molecule has 486 valence electrons. The molecule has 6 nitrogen and oxygen atoms in total. The molecule has 0 aliphatic rings. The molecule has 2 unspecified atom stereocenters. The average molecular weight is 1160 g/mol. The van der Waals surface area contributed by atoms with E-state index >= 15 is 0 Å². The van der Waals surface area contributed by atoms with Gasteiger partial charge in [-0.15, -0.1) is 0 Å². The molecule has 0 spiro atoms. The second kappa shape index (κ2) is 71.8. The van der Waals surface area contributed by atoms with Gasteiger partial charge >= 0.3 is 5.97 Å². The number of esters is 1. The number of carbonyl (C=O) groups excluding carboxylic acids is 2. The fourth-order valence-electron chi connectivity index (χ4n) is 12.0. The van der Waals surface area contributed by atoms with Gasteiger partial charge < -0.3 is 20.3 Å². The van der Waals surface area contributed by atoms with Gasteiger partial charge in [0.05, 0.1) is 25.4 Å². The smallest absolute Gasteiger partial charge is 0.305 e. The van der Waals surface area contributed by atoms with Crippen LogP contribution in [0.25, 0.3) is 0 Å². The quantitative estimate of drug-likeness (QED) is 0.0320. The zero-order chi connectivity index (χ0) is 59.2. The van der Waals surface area contributed by atoms with Gasteiger partial charge in [0.25, 0.3) is 0 Å². The van der Waals surface area contributed by atoms with Gasteiger partial charge in [0.1, 0.15) is 0 Å². The van der Waals surface area contributed by atoms with Crippen LogP contribution in [0.5, 0.6) is 0 Å². The fraction of sp³-hybridized carbons (Fsp3) is 0.921. The summed E-state index contributed by atoms with van der Waals surface area (Å²) in [4.78, 5) is 24.6. The van der Waals surface area contributed by atoms with Gasteiger partial charge in [-0.2, -0.15) is 0 Å². The van der Waals surface area contributed by atoms with Gasteiger partial charge in [0.2, 0.25) is 5.91 Å². The topological polar surface area (TPSA) is 95.9 Å². The van der Waals surface area contributed by atoms with Crippen LogP contribution >= 0.6 is 0 Å². The first-order valence-corrected chi connectivity index (χ1v) is 37.6. The van der Waals surface area contributed by atoms with E-state index in [-0.39, 0.29) is 18.5 Å². The number of unbranched alkanes of at least 4 members (excludes halogenated alkanes) is 58. The lowest BCUT2D eigenvalue weighted by molar-refractivity contribution is -0.143. The van der Waals surface area contributed by atoms with Crippen LogP contribution in [-0.2, 0) is 14.3 Å². The van der Waals surface area contributed by atoms with Crippen molar-refractivity contribution in [3.05, 3.63) is 24.3 Å². The molecule has 1 amide bonds. The lowest BCUT2D eigenvalue weighted by atomic mass is 10.0.